The third-order valence-corrected chi connectivity index (χ3v) is 5.27. The molecule has 6 heteroatoms. The van der Waals surface area contributed by atoms with Gasteiger partial charge in [0.1, 0.15) is 17.4 Å². The normalized spacial score (nSPS) is 13.0. The minimum absolute atomic E-state index is 0.0402. The van der Waals surface area contributed by atoms with Crippen molar-refractivity contribution in [2.45, 2.75) is 18.8 Å². The Morgan fingerprint density at radius 2 is 1.67 bits per heavy atom. The number of ether oxygens (including phenoxy) is 1. The molecule has 3 rings (SSSR count). The van der Waals surface area contributed by atoms with Gasteiger partial charge < -0.3 is 4.74 Å². The monoisotopic (exact) mass is 494 g/mol. The van der Waals surface area contributed by atoms with Gasteiger partial charge in [-0.05, 0) is 53.9 Å². The van der Waals surface area contributed by atoms with Crippen molar-refractivity contribution in [2.75, 3.05) is 5.33 Å². The highest BCUT2D eigenvalue weighted by Gasteiger charge is 2.21. The summed E-state index contributed by atoms with van der Waals surface area (Å²) in [6, 6.07) is 19.4. The van der Waals surface area contributed by atoms with Crippen LogP contribution < -0.4 is 4.74 Å². The van der Waals surface area contributed by atoms with E-state index in [1.54, 1.807) is 48.5 Å². The summed E-state index contributed by atoms with van der Waals surface area (Å²) in [6.45, 7) is 0. The van der Waals surface area contributed by atoms with Gasteiger partial charge in [0, 0.05) is 22.7 Å². The lowest BCUT2D eigenvalue weighted by molar-refractivity contribution is 0.440. The zero-order chi connectivity index (χ0) is 21.5. The standard InChI is InChI=1S/C24H19BrClF3O/c25-13-12-20(17-7-9-18(26)10-8-17)24(29)22(28)14-16-6-11-21(27)23(15-16)30-19-4-2-1-3-5-19/h1-11,15,20H,12-14H2/b24-22+. The summed E-state index contributed by atoms with van der Waals surface area (Å²) in [5.41, 5.74) is 1.04. The molecule has 0 amide bonds. The molecule has 1 nitrogen and oxygen atoms in total. The lowest BCUT2D eigenvalue weighted by Gasteiger charge is -2.16. The number of allylic oxidation sites excluding steroid dienone is 2. The highest BCUT2D eigenvalue weighted by molar-refractivity contribution is 9.09. The second kappa shape index (κ2) is 10.7. The Balaban J connectivity index is 1.83. The molecule has 0 saturated carbocycles. The minimum Gasteiger partial charge on any atom is -0.454 e. The molecule has 0 heterocycles. The van der Waals surface area contributed by atoms with E-state index >= 15 is 0 Å². The van der Waals surface area contributed by atoms with E-state index in [2.05, 4.69) is 15.9 Å². The zero-order valence-electron chi connectivity index (χ0n) is 15.9. The van der Waals surface area contributed by atoms with Crippen molar-refractivity contribution >= 4 is 27.5 Å². The molecule has 0 aliphatic carbocycles. The number of hydrogen-bond donors (Lipinski definition) is 0. The number of halogens is 5. The van der Waals surface area contributed by atoms with Gasteiger partial charge in [-0.2, -0.15) is 0 Å². The van der Waals surface area contributed by atoms with Crippen LogP contribution >= 0.6 is 27.5 Å². The maximum atomic E-state index is 15.0. The van der Waals surface area contributed by atoms with E-state index in [0.717, 1.165) is 0 Å². The lowest BCUT2D eigenvalue weighted by Crippen LogP contribution is -2.04. The lowest BCUT2D eigenvalue weighted by atomic mass is 9.93. The number of alkyl halides is 1. The maximum Gasteiger partial charge on any atom is 0.165 e. The number of benzene rings is 3. The summed E-state index contributed by atoms with van der Waals surface area (Å²) >= 11 is 9.20. The molecule has 0 aromatic heterocycles. The van der Waals surface area contributed by atoms with Crippen LogP contribution in [0.3, 0.4) is 0 Å². The molecular formula is C24H19BrClF3O. The maximum absolute atomic E-state index is 15.0. The van der Waals surface area contributed by atoms with Gasteiger partial charge >= 0.3 is 0 Å². The first kappa shape index (κ1) is 22.4. The zero-order valence-corrected chi connectivity index (χ0v) is 18.3. The van der Waals surface area contributed by atoms with Crippen LogP contribution in [-0.4, -0.2) is 5.33 Å². The molecule has 0 spiro atoms. The molecule has 0 bridgehead atoms. The first-order valence-electron chi connectivity index (χ1n) is 9.34. The summed E-state index contributed by atoms with van der Waals surface area (Å²) < 4.78 is 49.4. The van der Waals surface area contributed by atoms with E-state index < -0.39 is 23.4 Å². The molecule has 3 aromatic rings. The van der Waals surface area contributed by atoms with E-state index in [1.165, 1.54) is 18.2 Å². The van der Waals surface area contributed by atoms with Crippen LogP contribution in [0.15, 0.2) is 84.5 Å². The largest absolute Gasteiger partial charge is 0.454 e. The molecule has 0 saturated heterocycles. The average Bonchev–Trinajstić information content (AvgIpc) is 2.75. The first-order chi connectivity index (χ1) is 14.5. The molecule has 1 unspecified atom stereocenters. The molecule has 0 N–H and O–H groups in total. The molecule has 0 aliphatic heterocycles. The van der Waals surface area contributed by atoms with Crippen LogP contribution in [0.5, 0.6) is 11.5 Å². The Morgan fingerprint density at radius 1 is 0.967 bits per heavy atom. The number of hydrogen-bond acceptors (Lipinski definition) is 1. The van der Waals surface area contributed by atoms with Crippen LogP contribution in [0.25, 0.3) is 0 Å². The van der Waals surface area contributed by atoms with E-state index in [1.807, 2.05) is 6.07 Å². The highest BCUT2D eigenvalue weighted by Crippen LogP contribution is 2.34. The first-order valence-corrected chi connectivity index (χ1v) is 10.8. The van der Waals surface area contributed by atoms with E-state index in [4.69, 9.17) is 16.3 Å². The van der Waals surface area contributed by atoms with Crippen LogP contribution in [0, 0.1) is 5.82 Å². The van der Waals surface area contributed by atoms with Crippen molar-refractivity contribution in [2.24, 2.45) is 0 Å². The van der Waals surface area contributed by atoms with Crippen molar-refractivity contribution in [1.82, 2.24) is 0 Å². The topological polar surface area (TPSA) is 9.23 Å². The van der Waals surface area contributed by atoms with Gasteiger partial charge in [0.05, 0.1) is 0 Å². The Morgan fingerprint density at radius 3 is 2.33 bits per heavy atom. The Bertz CT molecular complexity index is 1010. The van der Waals surface area contributed by atoms with Crippen LogP contribution in [0.1, 0.15) is 23.5 Å². The van der Waals surface area contributed by atoms with E-state index in [0.29, 0.717) is 33.6 Å². The van der Waals surface area contributed by atoms with Crippen molar-refractivity contribution in [3.63, 3.8) is 0 Å². The smallest absolute Gasteiger partial charge is 0.165 e. The Kier molecular flexibility index (Phi) is 8.00. The van der Waals surface area contributed by atoms with Crippen LogP contribution in [0.4, 0.5) is 13.2 Å². The minimum atomic E-state index is -0.895. The van der Waals surface area contributed by atoms with Crippen molar-refractivity contribution in [3.8, 4) is 11.5 Å². The van der Waals surface area contributed by atoms with Gasteiger partial charge in [-0.25, -0.2) is 13.2 Å². The van der Waals surface area contributed by atoms with Crippen molar-refractivity contribution in [1.29, 1.82) is 0 Å². The summed E-state index contributed by atoms with van der Waals surface area (Å²) in [6.07, 6.45) is 0.0797. The molecular weight excluding hydrogens is 477 g/mol. The Labute approximate surface area is 187 Å². The Hall–Kier alpha value is -2.24. The van der Waals surface area contributed by atoms with Gasteiger partial charge in [-0.15, -0.1) is 0 Å². The quantitative estimate of drug-likeness (QED) is 0.285. The van der Waals surface area contributed by atoms with Gasteiger partial charge in [-0.1, -0.05) is 63.9 Å². The number of rotatable bonds is 8. The summed E-state index contributed by atoms with van der Waals surface area (Å²) in [5, 5.41) is 1.03. The van der Waals surface area contributed by atoms with Gasteiger partial charge in [0.25, 0.3) is 0 Å². The van der Waals surface area contributed by atoms with E-state index in [9.17, 15) is 13.2 Å². The summed E-state index contributed by atoms with van der Waals surface area (Å²) in [4.78, 5) is 0. The third-order valence-electron chi connectivity index (χ3n) is 4.56. The second-order valence-electron chi connectivity index (χ2n) is 6.69. The van der Waals surface area contributed by atoms with E-state index in [-0.39, 0.29) is 12.2 Å². The molecule has 0 radical (unpaired) electrons. The van der Waals surface area contributed by atoms with Crippen molar-refractivity contribution < 1.29 is 17.9 Å². The predicted octanol–water partition coefficient (Wildman–Crippen LogP) is 8.53. The third kappa shape index (κ3) is 5.89. The van der Waals surface area contributed by atoms with Gasteiger partial charge in [-0.3, -0.25) is 0 Å². The SMILES string of the molecule is F/C(Cc1ccc(F)c(Oc2ccccc2)c1)=C(/F)C(CCBr)c1ccc(Cl)cc1. The fraction of sp³-hybridized carbons (Fsp3) is 0.167. The summed E-state index contributed by atoms with van der Waals surface area (Å²) in [5.74, 6) is -2.63. The molecule has 0 aliphatic rings. The van der Waals surface area contributed by atoms with Crippen LogP contribution in [0.2, 0.25) is 5.02 Å². The molecule has 1 atom stereocenters. The van der Waals surface area contributed by atoms with Gasteiger partial charge in [0.15, 0.2) is 11.6 Å². The average molecular weight is 496 g/mol. The number of para-hydroxylation sites is 1. The molecule has 156 valence electrons. The predicted molar refractivity (Wildman–Crippen MR) is 118 cm³/mol. The van der Waals surface area contributed by atoms with Crippen LogP contribution in [-0.2, 0) is 6.42 Å². The van der Waals surface area contributed by atoms with Gasteiger partial charge in [0.2, 0.25) is 0 Å². The molecule has 3 aromatic carbocycles. The highest BCUT2D eigenvalue weighted by atomic mass is 79.9. The molecule has 30 heavy (non-hydrogen) atoms. The second-order valence-corrected chi connectivity index (χ2v) is 7.92. The summed E-state index contributed by atoms with van der Waals surface area (Å²) in [7, 11) is 0. The van der Waals surface area contributed by atoms with Crippen molar-refractivity contribution in [3.05, 3.63) is 106 Å². The molecule has 0 fully saturated rings. The fourth-order valence-corrected chi connectivity index (χ4v) is 3.63. The fourth-order valence-electron chi connectivity index (χ4n) is 3.05.